The number of aromatic nitrogens is 2. The molecule has 0 atom stereocenters. The molecule has 0 bridgehead atoms. The van der Waals surface area contributed by atoms with Crippen LogP contribution in [0.25, 0.3) is 5.82 Å². The Morgan fingerprint density at radius 1 is 1.21 bits per heavy atom. The summed E-state index contributed by atoms with van der Waals surface area (Å²) in [4.78, 5) is 4.15. The number of nitrogens with one attached hydrogen (secondary N) is 1. The molecule has 1 aromatic carbocycles. The van der Waals surface area contributed by atoms with Crippen LogP contribution in [0.1, 0.15) is 11.1 Å². The first kappa shape index (κ1) is 21.0. The molecule has 11 heteroatoms. The number of methoxy groups -OCH3 is 1. The first-order valence-electron chi connectivity index (χ1n) is 8.10. The highest BCUT2D eigenvalue weighted by atomic mass is 35.5. The summed E-state index contributed by atoms with van der Waals surface area (Å²) < 4.78 is 73.2. The topological polar surface area (TPSA) is 73.2 Å². The van der Waals surface area contributed by atoms with Gasteiger partial charge in [0.25, 0.3) is 10.0 Å². The van der Waals surface area contributed by atoms with Gasteiger partial charge < -0.3 is 4.74 Å². The molecule has 0 saturated carbocycles. The average molecular weight is 446 g/mol. The quantitative estimate of drug-likeness (QED) is 0.619. The molecule has 0 amide bonds. The molecule has 0 spiro atoms. The van der Waals surface area contributed by atoms with E-state index in [4.69, 9.17) is 16.3 Å². The van der Waals surface area contributed by atoms with Crippen molar-refractivity contribution in [2.75, 3.05) is 11.8 Å². The minimum absolute atomic E-state index is 0.142. The molecular formula is C18H15ClF3N3O3S. The fourth-order valence-electron chi connectivity index (χ4n) is 2.61. The second-order valence-corrected chi connectivity index (χ2v) is 8.12. The Morgan fingerprint density at radius 2 is 1.93 bits per heavy atom. The number of sulfonamides is 1. The second-order valence-electron chi connectivity index (χ2n) is 6.09. The molecule has 0 radical (unpaired) electrons. The Labute approximate surface area is 170 Å². The van der Waals surface area contributed by atoms with Crippen LogP contribution in [0, 0.1) is 6.92 Å². The van der Waals surface area contributed by atoms with Crippen molar-refractivity contribution in [3.8, 4) is 11.6 Å². The van der Waals surface area contributed by atoms with Crippen LogP contribution in [0.4, 0.5) is 18.9 Å². The number of nitrogens with zero attached hydrogens (tertiary/aromatic N) is 2. The van der Waals surface area contributed by atoms with Gasteiger partial charge in [0.05, 0.1) is 23.4 Å². The zero-order valence-electron chi connectivity index (χ0n) is 15.2. The lowest BCUT2D eigenvalue weighted by molar-refractivity contribution is -0.137. The number of alkyl halides is 3. The Balaban J connectivity index is 2.03. The minimum atomic E-state index is -4.67. The molecule has 0 unspecified atom stereocenters. The molecule has 0 aliphatic heterocycles. The van der Waals surface area contributed by atoms with Gasteiger partial charge in [-0.05, 0) is 42.8 Å². The zero-order chi connectivity index (χ0) is 21.4. The predicted octanol–water partition coefficient (Wildman–Crippen LogP) is 4.66. The average Bonchev–Trinajstić information content (AvgIpc) is 3.10. The molecule has 0 aliphatic carbocycles. The van der Waals surface area contributed by atoms with Crippen molar-refractivity contribution in [3.63, 3.8) is 0 Å². The van der Waals surface area contributed by atoms with Gasteiger partial charge in [-0.2, -0.15) is 21.6 Å². The van der Waals surface area contributed by atoms with Gasteiger partial charge in [0.15, 0.2) is 10.8 Å². The molecule has 0 saturated heterocycles. The number of benzene rings is 1. The van der Waals surface area contributed by atoms with E-state index < -0.39 is 21.8 Å². The third kappa shape index (κ3) is 4.48. The van der Waals surface area contributed by atoms with E-state index in [9.17, 15) is 21.6 Å². The molecule has 0 fully saturated rings. The molecule has 6 nitrogen and oxygen atoms in total. The summed E-state index contributed by atoms with van der Waals surface area (Å²) in [5.74, 6) is 0.0282. The van der Waals surface area contributed by atoms with E-state index in [1.54, 1.807) is 13.0 Å². The Morgan fingerprint density at radius 3 is 2.55 bits per heavy atom. The van der Waals surface area contributed by atoms with Crippen LogP contribution in [0.2, 0.25) is 5.02 Å². The Bertz CT molecular complexity index is 1160. The highest BCUT2D eigenvalue weighted by molar-refractivity contribution is 7.92. The third-order valence-corrected chi connectivity index (χ3v) is 5.56. The van der Waals surface area contributed by atoms with Crippen LogP contribution in [0.5, 0.6) is 5.75 Å². The van der Waals surface area contributed by atoms with E-state index in [1.807, 2.05) is 0 Å². The molecule has 2 heterocycles. The normalized spacial score (nSPS) is 12.1. The first-order valence-corrected chi connectivity index (χ1v) is 9.96. The number of rotatable bonds is 5. The summed E-state index contributed by atoms with van der Waals surface area (Å²) >= 11 is 6.17. The maximum Gasteiger partial charge on any atom is 0.416 e. The number of halogens is 4. The fourth-order valence-corrected chi connectivity index (χ4v) is 4.12. The van der Waals surface area contributed by atoms with Crippen molar-refractivity contribution in [3.05, 3.63) is 64.9 Å². The van der Waals surface area contributed by atoms with Gasteiger partial charge in [0, 0.05) is 18.5 Å². The van der Waals surface area contributed by atoms with Crippen LogP contribution < -0.4 is 9.46 Å². The zero-order valence-corrected chi connectivity index (χ0v) is 16.7. The number of hydrogen-bond acceptors (Lipinski definition) is 4. The Kier molecular flexibility index (Phi) is 5.50. The van der Waals surface area contributed by atoms with Gasteiger partial charge in [-0.25, -0.2) is 4.98 Å². The summed E-state index contributed by atoms with van der Waals surface area (Å²) in [5, 5.41) is -0.0227. The van der Waals surface area contributed by atoms with E-state index in [0.29, 0.717) is 6.07 Å². The van der Waals surface area contributed by atoms with Crippen molar-refractivity contribution in [2.45, 2.75) is 18.1 Å². The van der Waals surface area contributed by atoms with Gasteiger partial charge in [-0.1, -0.05) is 11.6 Å². The van der Waals surface area contributed by atoms with Crippen molar-refractivity contribution in [2.24, 2.45) is 0 Å². The highest BCUT2D eigenvalue weighted by Gasteiger charge is 2.32. The molecule has 0 aliphatic rings. The lowest BCUT2D eigenvalue weighted by atomic mass is 10.2. The maximum atomic E-state index is 13.1. The molecular weight excluding hydrogens is 431 g/mol. The summed E-state index contributed by atoms with van der Waals surface area (Å²) in [6, 6.07) is 6.97. The van der Waals surface area contributed by atoms with E-state index in [1.165, 1.54) is 36.2 Å². The van der Waals surface area contributed by atoms with Gasteiger partial charge in [-0.15, -0.1) is 0 Å². The number of ether oxygens (including phenoxy) is 1. The Hall–Kier alpha value is -2.72. The maximum absolute atomic E-state index is 13.1. The number of hydrogen-bond donors (Lipinski definition) is 1. The first-order chi connectivity index (χ1) is 13.5. The van der Waals surface area contributed by atoms with Gasteiger partial charge in [-0.3, -0.25) is 9.29 Å². The monoisotopic (exact) mass is 445 g/mol. The highest BCUT2D eigenvalue weighted by Crippen LogP contribution is 2.35. The summed E-state index contributed by atoms with van der Waals surface area (Å²) in [6.07, 6.45) is -1.72. The lowest BCUT2D eigenvalue weighted by Crippen LogP contribution is -2.18. The van der Waals surface area contributed by atoms with E-state index in [2.05, 4.69) is 9.71 Å². The van der Waals surface area contributed by atoms with Crippen molar-refractivity contribution in [1.82, 2.24) is 9.55 Å². The molecule has 2 aromatic heterocycles. The summed E-state index contributed by atoms with van der Waals surface area (Å²) in [6.45, 7) is 1.78. The number of pyridine rings is 1. The van der Waals surface area contributed by atoms with Crippen LogP contribution in [0.3, 0.4) is 0 Å². The van der Waals surface area contributed by atoms with Crippen LogP contribution >= 0.6 is 11.6 Å². The second kappa shape index (κ2) is 7.60. The standard InChI is InChI=1S/C18H15ClF3N3O3S/c1-11-6-15(19)17(23-10-11)25-5-3-4-16(25)29(26,27)24-13-7-12(18(20,21)22)8-14(9-13)28-2/h3-10,24H,1-2H3. The van der Waals surface area contributed by atoms with Crippen molar-refractivity contribution >= 4 is 27.3 Å². The van der Waals surface area contributed by atoms with Gasteiger partial charge >= 0.3 is 6.18 Å². The molecule has 154 valence electrons. The van der Waals surface area contributed by atoms with Crippen LogP contribution in [-0.2, 0) is 16.2 Å². The molecule has 1 N–H and O–H groups in total. The minimum Gasteiger partial charge on any atom is -0.497 e. The molecule has 3 rings (SSSR count). The number of aryl methyl sites for hydroxylation is 1. The van der Waals surface area contributed by atoms with Crippen LogP contribution in [-0.4, -0.2) is 25.1 Å². The SMILES string of the molecule is COc1cc(NS(=O)(=O)c2cccn2-c2ncc(C)cc2Cl)cc(C(F)(F)F)c1. The number of anilines is 1. The van der Waals surface area contributed by atoms with E-state index in [0.717, 1.165) is 17.7 Å². The third-order valence-electron chi connectivity index (χ3n) is 3.90. The fraction of sp³-hybridized carbons (Fsp3) is 0.167. The molecule has 29 heavy (non-hydrogen) atoms. The van der Waals surface area contributed by atoms with Crippen molar-refractivity contribution < 1.29 is 26.3 Å². The predicted molar refractivity (Wildman–Crippen MR) is 102 cm³/mol. The summed E-state index contributed by atoms with van der Waals surface area (Å²) in [7, 11) is -3.09. The summed E-state index contributed by atoms with van der Waals surface area (Å²) in [5.41, 5.74) is -0.565. The van der Waals surface area contributed by atoms with Gasteiger partial charge in [0.2, 0.25) is 0 Å². The largest absolute Gasteiger partial charge is 0.497 e. The van der Waals surface area contributed by atoms with E-state index in [-0.39, 0.29) is 27.3 Å². The van der Waals surface area contributed by atoms with E-state index >= 15 is 0 Å². The molecule has 3 aromatic rings. The van der Waals surface area contributed by atoms with Crippen molar-refractivity contribution in [1.29, 1.82) is 0 Å². The smallest absolute Gasteiger partial charge is 0.416 e. The van der Waals surface area contributed by atoms with Crippen LogP contribution in [0.15, 0.2) is 53.8 Å². The lowest BCUT2D eigenvalue weighted by Gasteiger charge is -2.15. The van der Waals surface area contributed by atoms with Gasteiger partial charge in [0.1, 0.15) is 5.75 Å².